The van der Waals surface area contributed by atoms with Crippen LogP contribution in [0.1, 0.15) is 15.9 Å². The highest BCUT2D eigenvalue weighted by Gasteiger charge is 2.22. The summed E-state index contributed by atoms with van der Waals surface area (Å²) in [7, 11) is 0. The van der Waals surface area contributed by atoms with Crippen LogP contribution in [0.2, 0.25) is 0 Å². The number of carbonyl (C=O) groups excluding carboxylic acids is 1. The standard InChI is InChI=1S/C41H22O/c42-41(33-22-21-32-28-14-2-8-23-7-1-13-27(36(23)28)30-16-6-17-31(33)39(30)32)35-20-19-25-11-4-15-29-26-12-3-9-24-10-5-18-34(37(24)26)40(35)38(25)29/h1-22H. The summed E-state index contributed by atoms with van der Waals surface area (Å²) < 4.78 is 0. The SMILES string of the molecule is O=C(c1ccc2c3cccc4cccc(c5cccc1c52)c43)c1ccc2cccc3c4cccc5cccc(c1c23)c54. The molecule has 0 aromatic heterocycles. The molecule has 10 aromatic carbocycles. The van der Waals surface area contributed by atoms with Crippen molar-refractivity contribution in [1.29, 1.82) is 0 Å². The van der Waals surface area contributed by atoms with Gasteiger partial charge in [0.05, 0.1) is 0 Å². The number of hydrogen-bond donors (Lipinski definition) is 0. The van der Waals surface area contributed by atoms with Crippen LogP contribution in [-0.2, 0) is 0 Å². The van der Waals surface area contributed by atoms with Gasteiger partial charge in [-0.1, -0.05) is 121 Å². The number of carbonyl (C=O) groups is 1. The van der Waals surface area contributed by atoms with E-state index in [2.05, 4.69) is 127 Å². The monoisotopic (exact) mass is 530 g/mol. The fourth-order valence-corrected chi connectivity index (χ4v) is 7.83. The van der Waals surface area contributed by atoms with E-state index in [9.17, 15) is 4.79 Å². The lowest BCUT2D eigenvalue weighted by molar-refractivity contribution is 0.104. The highest BCUT2D eigenvalue weighted by Crippen LogP contribution is 2.44. The molecular weight excluding hydrogens is 508 g/mol. The molecule has 0 aliphatic carbocycles. The molecule has 0 aliphatic heterocycles. The van der Waals surface area contributed by atoms with E-state index in [1.165, 1.54) is 53.9 Å². The Kier molecular flexibility index (Phi) is 4.13. The van der Waals surface area contributed by atoms with Gasteiger partial charge >= 0.3 is 0 Å². The number of fused-ring (bicyclic) bond motifs is 4. The summed E-state index contributed by atoms with van der Waals surface area (Å²) in [5.41, 5.74) is 1.51. The molecule has 192 valence electrons. The summed E-state index contributed by atoms with van der Waals surface area (Å²) >= 11 is 0. The van der Waals surface area contributed by atoms with Gasteiger partial charge in [-0.25, -0.2) is 0 Å². The molecule has 0 radical (unpaired) electrons. The van der Waals surface area contributed by atoms with Gasteiger partial charge in [0.1, 0.15) is 0 Å². The summed E-state index contributed by atoms with van der Waals surface area (Å²) in [6.45, 7) is 0. The van der Waals surface area contributed by atoms with E-state index in [0.717, 1.165) is 43.4 Å². The molecule has 0 spiro atoms. The van der Waals surface area contributed by atoms with Crippen LogP contribution in [0.4, 0.5) is 0 Å². The zero-order valence-electron chi connectivity index (χ0n) is 22.6. The largest absolute Gasteiger partial charge is 0.289 e. The molecule has 0 fully saturated rings. The van der Waals surface area contributed by atoms with E-state index in [-0.39, 0.29) is 5.78 Å². The Labute approximate surface area is 240 Å². The van der Waals surface area contributed by atoms with Crippen LogP contribution in [0.3, 0.4) is 0 Å². The lowest BCUT2D eigenvalue weighted by Crippen LogP contribution is -2.05. The summed E-state index contributed by atoms with van der Waals surface area (Å²) in [6.07, 6.45) is 0. The van der Waals surface area contributed by atoms with E-state index in [4.69, 9.17) is 0 Å². The molecule has 0 atom stereocenters. The predicted molar refractivity (Wildman–Crippen MR) is 179 cm³/mol. The first-order valence-electron chi connectivity index (χ1n) is 14.5. The Balaban J connectivity index is 1.34. The Morgan fingerprint density at radius 1 is 0.286 bits per heavy atom. The van der Waals surface area contributed by atoms with Gasteiger partial charge in [0.25, 0.3) is 0 Å². The molecule has 1 nitrogen and oxygen atoms in total. The van der Waals surface area contributed by atoms with Gasteiger partial charge < -0.3 is 0 Å². The molecule has 10 aromatic rings. The Morgan fingerprint density at radius 3 is 1.31 bits per heavy atom. The molecular formula is C41H22O. The summed E-state index contributed by atoms with van der Waals surface area (Å²) in [6, 6.07) is 47.3. The fourth-order valence-electron chi connectivity index (χ4n) is 7.83. The molecule has 0 heterocycles. The van der Waals surface area contributed by atoms with Crippen molar-refractivity contribution in [2.75, 3.05) is 0 Å². The third kappa shape index (κ3) is 2.66. The minimum atomic E-state index is 0.0684. The van der Waals surface area contributed by atoms with Gasteiger partial charge in [-0.2, -0.15) is 0 Å². The van der Waals surface area contributed by atoms with Crippen LogP contribution in [0.5, 0.6) is 0 Å². The maximum absolute atomic E-state index is 14.8. The first-order valence-corrected chi connectivity index (χ1v) is 14.5. The lowest BCUT2D eigenvalue weighted by atomic mass is 9.84. The third-order valence-electron chi connectivity index (χ3n) is 9.52. The zero-order chi connectivity index (χ0) is 27.5. The highest BCUT2D eigenvalue weighted by atomic mass is 16.1. The van der Waals surface area contributed by atoms with Crippen molar-refractivity contribution in [3.63, 3.8) is 0 Å². The minimum Gasteiger partial charge on any atom is -0.289 e. The summed E-state index contributed by atoms with van der Waals surface area (Å²) in [5, 5.41) is 18.9. The maximum atomic E-state index is 14.8. The first-order chi connectivity index (χ1) is 20.8. The smallest absolute Gasteiger partial charge is 0.194 e. The highest BCUT2D eigenvalue weighted by molar-refractivity contribution is 6.39. The molecule has 0 saturated heterocycles. The molecule has 0 N–H and O–H groups in total. The Hall–Kier alpha value is -5.53. The van der Waals surface area contributed by atoms with E-state index < -0.39 is 0 Å². The second-order valence-electron chi connectivity index (χ2n) is 11.5. The van der Waals surface area contributed by atoms with Gasteiger partial charge in [-0.05, 0) is 92.9 Å². The van der Waals surface area contributed by atoms with Gasteiger partial charge in [-0.15, -0.1) is 0 Å². The minimum absolute atomic E-state index is 0.0684. The predicted octanol–water partition coefficient (Wildman–Crippen LogP) is 11.0. The number of hydrogen-bond acceptors (Lipinski definition) is 1. The second-order valence-corrected chi connectivity index (χ2v) is 11.5. The number of rotatable bonds is 2. The molecule has 0 saturated carbocycles. The summed E-state index contributed by atoms with van der Waals surface area (Å²) in [5.74, 6) is 0.0684. The quantitative estimate of drug-likeness (QED) is 0.123. The molecule has 0 unspecified atom stereocenters. The Morgan fingerprint density at radius 2 is 0.690 bits per heavy atom. The fraction of sp³-hybridized carbons (Fsp3) is 0. The van der Waals surface area contributed by atoms with Crippen molar-refractivity contribution < 1.29 is 4.79 Å². The molecule has 42 heavy (non-hydrogen) atoms. The van der Waals surface area contributed by atoms with Crippen LogP contribution in [0.25, 0.3) is 86.2 Å². The third-order valence-corrected chi connectivity index (χ3v) is 9.52. The van der Waals surface area contributed by atoms with Crippen molar-refractivity contribution in [3.05, 3.63) is 145 Å². The van der Waals surface area contributed by atoms with Gasteiger partial charge in [-0.3, -0.25) is 4.79 Å². The van der Waals surface area contributed by atoms with Crippen LogP contribution in [0, 0.1) is 0 Å². The van der Waals surface area contributed by atoms with Crippen molar-refractivity contribution in [3.8, 4) is 0 Å². The zero-order valence-corrected chi connectivity index (χ0v) is 22.6. The van der Waals surface area contributed by atoms with Crippen LogP contribution >= 0.6 is 0 Å². The van der Waals surface area contributed by atoms with Crippen molar-refractivity contribution in [1.82, 2.24) is 0 Å². The van der Waals surface area contributed by atoms with Gasteiger partial charge in [0, 0.05) is 16.5 Å². The van der Waals surface area contributed by atoms with Crippen LogP contribution in [-0.4, -0.2) is 5.78 Å². The summed E-state index contributed by atoms with van der Waals surface area (Å²) in [4.78, 5) is 14.8. The van der Waals surface area contributed by atoms with E-state index in [0.29, 0.717) is 0 Å². The van der Waals surface area contributed by atoms with E-state index >= 15 is 0 Å². The first kappa shape index (κ1) is 22.2. The van der Waals surface area contributed by atoms with Crippen LogP contribution < -0.4 is 0 Å². The molecule has 10 rings (SSSR count). The molecule has 0 bridgehead atoms. The average Bonchev–Trinajstić information content (AvgIpc) is 3.05. The topological polar surface area (TPSA) is 17.1 Å². The number of benzene rings is 10. The van der Waals surface area contributed by atoms with Crippen LogP contribution in [0.15, 0.2) is 133 Å². The molecule has 0 aliphatic rings. The van der Waals surface area contributed by atoms with Crippen molar-refractivity contribution in [2.45, 2.75) is 0 Å². The van der Waals surface area contributed by atoms with Gasteiger partial charge in [0.15, 0.2) is 5.78 Å². The van der Waals surface area contributed by atoms with E-state index in [1.807, 2.05) is 6.07 Å². The second kappa shape index (κ2) is 7.81. The Bertz CT molecular complexity index is 2690. The molecule has 0 amide bonds. The van der Waals surface area contributed by atoms with Gasteiger partial charge in [0.2, 0.25) is 0 Å². The maximum Gasteiger partial charge on any atom is 0.194 e. The lowest BCUT2D eigenvalue weighted by Gasteiger charge is -2.18. The van der Waals surface area contributed by atoms with Crippen molar-refractivity contribution in [2.24, 2.45) is 0 Å². The molecule has 1 heteroatoms. The van der Waals surface area contributed by atoms with Crippen molar-refractivity contribution >= 4 is 92.0 Å². The average molecular weight is 531 g/mol. The van der Waals surface area contributed by atoms with E-state index in [1.54, 1.807) is 0 Å². The number of ketones is 1. The normalized spacial score (nSPS) is 12.4.